The quantitative estimate of drug-likeness (QED) is 0.722. The fourth-order valence-corrected chi connectivity index (χ4v) is 3.06. The third-order valence-electron chi connectivity index (χ3n) is 4.06. The van der Waals surface area contributed by atoms with Crippen LogP contribution in [0.25, 0.3) is 0 Å². The van der Waals surface area contributed by atoms with Crippen LogP contribution in [0, 0.1) is 0 Å². The Labute approximate surface area is 87.8 Å². The maximum absolute atomic E-state index is 3.73. The summed E-state index contributed by atoms with van der Waals surface area (Å²) in [7, 11) is 0. The van der Waals surface area contributed by atoms with E-state index in [1.807, 2.05) is 0 Å². The molecule has 2 N–H and O–H groups in total. The molecule has 0 aliphatic carbocycles. The number of rotatable bonds is 3. The molecule has 14 heavy (non-hydrogen) atoms. The third kappa shape index (κ3) is 2.29. The van der Waals surface area contributed by atoms with Crippen LogP contribution in [0.1, 0.15) is 51.9 Å². The molecule has 2 aliphatic heterocycles. The van der Waals surface area contributed by atoms with Gasteiger partial charge in [-0.2, -0.15) is 0 Å². The van der Waals surface area contributed by atoms with Gasteiger partial charge in [0.05, 0.1) is 0 Å². The summed E-state index contributed by atoms with van der Waals surface area (Å²) in [4.78, 5) is 0. The van der Waals surface area contributed by atoms with E-state index in [0.29, 0.717) is 5.54 Å². The van der Waals surface area contributed by atoms with E-state index >= 15 is 0 Å². The van der Waals surface area contributed by atoms with Gasteiger partial charge in [-0.15, -0.1) is 0 Å². The van der Waals surface area contributed by atoms with Crippen molar-refractivity contribution in [2.24, 2.45) is 0 Å². The molecular weight excluding hydrogens is 172 g/mol. The molecule has 0 aromatic rings. The van der Waals surface area contributed by atoms with Crippen LogP contribution in [0.15, 0.2) is 0 Å². The summed E-state index contributed by atoms with van der Waals surface area (Å²) >= 11 is 0. The van der Waals surface area contributed by atoms with Gasteiger partial charge in [-0.1, -0.05) is 13.3 Å². The molecule has 2 atom stereocenters. The SMILES string of the molecule is CCC1(CC2CCCCN2)CCCN1. The Bertz CT molecular complexity index is 167. The van der Waals surface area contributed by atoms with Crippen molar-refractivity contribution < 1.29 is 0 Å². The minimum atomic E-state index is 0.481. The van der Waals surface area contributed by atoms with Gasteiger partial charge >= 0.3 is 0 Å². The Morgan fingerprint density at radius 3 is 2.71 bits per heavy atom. The molecule has 0 aromatic carbocycles. The van der Waals surface area contributed by atoms with Gasteiger partial charge in [-0.3, -0.25) is 0 Å². The molecule has 0 spiro atoms. The molecule has 0 amide bonds. The van der Waals surface area contributed by atoms with Crippen LogP contribution in [-0.2, 0) is 0 Å². The summed E-state index contributed by atoms with van der Waals surface area (Å²) in [6.45, 7) is 4.81. The molecule has 0 radical (unpaired) electrons. The summed E-state index contributed by atoms with van der Waals surface area (Å²) in [6, 6.07) is 0.786. The van der Waals surface area contributed by atoms with E-state index in [1.54, 1.807) is 0 Å². The normalized spacial score (nSPS) is 38.8. The second kappa shape index (κ2) is 4.63. The van der Waals surface area contributed by atoms with Crippen molar-refractivity contribution in [1.82, 2.24) is 10.6 Å². The Hall–Kier alpha value is -0.0800. The molecule has 2 saturated heterocycles. The standard InChI is InChI=1S/C12H24N2/c1-2-12(7-5-9-14-12)10-11-6-3-4-8-13-11/h11,13-14H,2-10H2,1H3. The summed E-state index contributed by atoms with van der Waals surface area (Å²) in [6.07, 6.45) is 9.61. The van der Waals surface area contributed by atoms with Crippen molar-refractivity contribution in [3.63, 3.8) is 0 Å². The first kappa shape index (κ1) is 10.4. The summed E-state index contributed by atoms with van der Waals surface area (Å²) in [5.41, 5.74) is 0.481. The van der Waals surface area contributed by atoms with E-state index in [0.717, 1.165) is 6.04 Å². The molecule has 2 heterocycles. The van der Waals surface area contributed by atoms with Gasteiger partial charge in [0.15, 0.2) is 0 Å². The lowest BCUT2D eigenvalue weighted by Gasteiger charge is -2.34. The second-order valence-electron chi connectivity index (χ2n) is 5.02. The van der Waals surface area contributed by atoms with E-state index in [-0.39, 0.29) is 0 Å². The first-order chi connectivity index (χ1) is 6.85. The topological polar surface area (TPSA) is 24.1 Å². The molecule has 0 aromatic heterocycles. The fourth-order valence-electron chi connectivity index (χ4n) is 3.06. The highest BCUT2D eigenvalue weighted by molar-refractivity contribution is 4.95. The lowest BCUT2D eigenvalue weighted by Crippen LogP contribution is -2.47. The highest BCUT2D eigenvalue weighted by Crippen LogP contribution is 2.29. The predicted octanol–water partition coefficient (Wildman–Crippen LogP) is 2.05. The molecule has 0 bridgehead atoms. The van der Waals surface area contributed by atoms with E-state index in [2.05, 4.69) is 17.6 Å². The van der Waals surface area contributed by atoms with E-state index in [9.17, 15) is 0 Å². The van der Waals surface area contributed by atoms with Crippen molar-refractivity contribution in [3.8, 4) is 0 Å². The molecule has 0 saturated carbocycles. The lowest BCUT2D eigenvalue weighted by atomic mass is 9.84. The molecule has 2 nitrogen and oxygen atoms in total. The molecule has 2 aliphatic rings. The summed E-state index contributed by atoms with van der Waals surface area (Å²) in [5.74, 6) is 0. The zero-order valence-corrected chi connectivity index (χ0v) is 9.44. The number of hydrogen-bond donors (Lipinski definition) is 2. The van der Waals surface area contributed by atoms with Gasteiger partial charge in [0.2, 0.25) is 0 Å². The Morgan fingerprint density at radius 2 is 2.14 bits per heavy atom. The second-order valence-corrected chi connectivity index (χ2v) is 5.02. The minimum Gasteiger partial charge on any atom is -0.314 e. The fraction of sp³-hybridized carbons (Fsp3) is 1.00. The Kier molecular flexibility index (Phi) is 3.45. The van der Waals surface area contributed by atoms with Gasteiger partial charge in [-0.25, -0.2) is 0 Å². The average Bonchev–Trinajstić information content (AvgIpc) is 2.69. The number of nitrogens with one attached hydrogen (secondary N) is 2. The van der Waals surface area contributed by atoms with Crippen LogP contribution in [-0.4, -0.2) is 24.7 Å². The van der Waals surface area contributed by atoms with Crippen molar-refractivity contribution >= 4 is 0 Å². The molecular formula is C12H24N2. The van der Waals surface area contributed by atoms with Gasteiger partial charge in [-0.05, 0) is 51.6 Å². The van der Waals surface area contributed by atoms with Crippen LogP contribution >= 0.6 is 0 Å². The van der Waals surface area contributed by atoms with Crippen LogP contribution in [0.3, 0.4) is 0 Å². The van der Waals surface area contributed by atoms with Crippen LogP contribution in [0.4, 0.5) is 0 Å². The molecule has 2 heteroatoms. The first-order valence-corrected chi connectivity index (χ1v) is 6.33. The highest BCUT2D eigenvalue weighted by Gasteiger charge is 2.34. The van der Waals surface area contributed by atoms with Crippen LogP contribution in [0.2, 0.25) is 0 Å². The maximum atomic E-state index is 3.73. The lowest BCUT2D eigenvalue weighted by molar-refractivity contribution is 0.260. The van der Waals surface area contributed by atoms with Crippen LogP contribution in [0.5, 0.6) is 0 Å². The van der Waals surface area contributed by atoms with Crippen LogP contribution < -0.4 is 10.6 Å². The number of piperidine rings is 1. The summed E-state index contributed by atoms with van der Waals surface area (Å²) in [5, 5.41) is 7.39. The van der Waals surface area contributed by atoms with E-state index in [4.69, 9.17) is 0 Å². The van der Waals surface area contributed by atoms with Crippen molar-refractivity contribution in [2.45, 2.75) is 63.5 Å². The van der Waals surface area contributed by atoms with Crippen molar-refractivity contribution in [2.75, 3.05) is 13.1 Å². The molecule has 2 fully saturated rings. The van der Waals surface area contributed by atoms with Gasteiger partial charge in [0, 0.05) is 11.6 Å². The molecule has 2 unspecified atom stereocenters. The predicted molar refractivity (Wildman–Crippen MR) is 60.5 cm³/mol. The zero-order valence-electron chi connectivity index (χ0n) is 9.44. The highest BCUT2D eigenvalue weighted by atomic mass is 15.0. The maximum Gasteiger partial charge on any atom is 0.0194 e. The van der Waals surface area contributed by atoms with E-state index < -0.39 is 0 Å². The van der Waals surface area contributed by atoms with Crippen molar-refractivity contribution in [1.29, 1.82) is 0 Å². The van der Waals surface area contributed by atoms with E-state index in [1.165, 1.54) is 58.0 Å². The van der Waals surface area contributed by atoms with Gasteiger partial charge in [0.1, 0.15) is 0 Å². The zero-order chi connectivity index (χ0) is 9.86. The summed E-state index contributed by atoms with van der Waals surface area (Å²) < 4.78 is 0. The van der Waals surface area contributed by atoms with Crippen molar-refractivity contribution in [3.05, 3.63) is 0 Å². The number of hydrogen-bond acceptors (Lipinski definition) is 2. The Balaban J connectivity index is 1.86. The first-order valence-electron chi connectivity index (χ1n) is 6.33. The minimum absolute atomic E-state index is 0.481. The van der Waals surface area contributed by atoms with Gasteiger partial charge in [0.25, 0.3) is 0 Å². The smallest absolute Gasteiger partial charge is 0.0194 e. The monoisotopic (exact) mass is 196 g/mol. The third-order valence-corrected chi connectivity index (χ3v) is 4.06. The Morgan fingerprint density at radius 1 is 1.21 bits per heavy atom. The average molecular weight is 196 g/mol. The van der Waals surface area contributed by atoms with Gasteiger partial charge < -0.3 is 10.6 Å². The molecule has 2 rings (SSSR count). The molecule has 82 valence electrons. The largest absolute Gasteiger partial charge is 0.314 e.